The van der Waals surface area contributed by atoms with Gasteiger partial charge in [-0.1, -0.05) is 25.4 Å². The quantitative estimate of drug-likeness (QED) is 0.805. The fraction of sp³-hybridized carbons (Fsp3) is 0.600. The number of imidazole rings is 1. The molecule has 0 aromatic carbocycles. The van der Waals surface area contributed by atoms with Gasteiger partial charge >= 0.3 is 0 Å². The average molecular weight is 276 g/mol. The maximum atomic E-state index is 5.32. The van der Waals surface area contributed by atoms with E-state index < -0.39 is 0 Å². The normalized spacial score (nSPS) is 12.8. The molecule has 0 saturated carbocycles. The van der Waals surface area contributed by atoms with Gasteiger partial charge in [-0.2, -0.15) is 0 Å². The minimum Gasteiger partial charge on any atom is -0.360 e. The highest BCUT2D eigenvalue weighted by Crippen LogP contribution is 2.06. The van der Waals surface area contributed by atoms with Gasteiger partial charge in [-0.15, -0.1) is 0 Å². The molecule has 5 heteroatoms. The van der Waals surface area contributed by atoms with Gasteiger partial charge in [0, 0.05) is 37.5 Å². The van der Waals surface area contributed by atoms with Gasteiger partial charge in [-0.05, 0) is 13.3 Å². The zero-order valence-corrected chi connectivity index (χ0v) is 12.6. The van der Waals surface area contributed by atoms with Crippen LogP contribution in [0.25, 0.3) is 0 Å². The van der Waals surface area contributed by atoms with Crippen LogP contribution in [0.1, 0.15) is 44.5 Å². The topological polar surface area (TPSA) is 55.9 Å². The minimum atomic E-state index is 0.356. The van der Waals surface area contributed by atoms with E-state index in [9.17, 15) is 0 Å². The Kier molecular flexibility index (Phi) is 5.35. The molecule has 0 amide bonds. The van der Waals surface area contributed by atoms with Crippen molar-refractivity contribution in [3.05, 3.63) is 35.7 Å². The predicted molar refractivity (Wildman–Crippen MR) is 78.4 cm³/mol. The predicted octanol–water partition coefficient (Wildman–Crippen LogP) is 2.56. The van der Waals surface area contributed by atoms with Crippen LogP contribution in [-0.4, -0.2) is 20.7 Å². The van der Waals surface area contributed by atoms with Crippen molar-refractivity contribution in [3.8, 4) is 0 Å². The van der Waals surface area contributed by atoms with E-state index in [0.29, 0.717) is 12.6 Å². The molecule has 0 bridgehead atoms. The molecule has 2 heterocycles. The van der Waals surface area contributed by atoms with Crippen LogP contribution in [-0.2, 0) is 25.9 Å². The highest BCUT2D eigenvalue weighted by atomic mass is 16.5. The highest BCUT2D eigenvalue weighted by molar-refractivity contribution is 5.05. The number of nitrogens with one attached hydrogen (secondary N) is 1. The molecule has 0 aliphatic carbocycles. The number of hydrogen-bond acceptors (Lipinski definition) is 4. The summed E-state index contributed by atoms with van der Waals surface area (Å²) in [5.74, 6) is 2.03. The summed E-state index contributed by atoms with van der Waals surface area (Å²) in [6.45, 7) is 8.07. The van der Waals surface area contributed by atoms with Crippen LogP contribution >= 0.6 is 0 Å². The Morgan fingerprint density at radius 3 is 3.00 bits per heavy atom. The van der Waals surface area contributed by atoms with Crippen LogP contribution in [0.3, 0.4) is 0 Å². The van der Waals surface area contributed by atoms with Crippen molar-refractivity contribution >= 4 is 0 Å². The molecule has 0 saturated heterocycles. The molecule has 1 N–H and O–H groups in total. The Morgan fingerprint density at radius 2 is 2.25 bits per heavy atom. The third-order valence-electron chi connectivity index (χ3n) is 3.33. The molecule has 20 heavy (non-hydrogen) atoms. The SMILES string of the molecule is CCCc1cc(CNC(C)Cn2ccnc2CC)on1. The molecule has 0 aliphatic rings. The van der Waals surface area contributed by atoms with Gasteiger partial charge in [0.25, 0.3) is 0 Å². The molecule has 1 unspecified atom stereocenters. The molecular formula is C15H24N4O. The molecule has 0 spiro atoms. The standard InChI is InChI=1S/C15H24N4O/c1-4-6-13-9-14(20-18-13)10-17-12(3)11-19-8-7-16-15(19)5-2/h7-9,12,17H,4-6,10-11H2,1-3H3. The van der Waals surface area contributed by atoms with Crippen molar-refractivity contribution in [1.29, 1.82) is 0 Å². The molecule has 2 aromatic rings. The molecule has 5 nitrogen and oxygen atoms in total. The minimum absolute atomic E-state index is 0.356. The summed E-state index contributed by atoms with van der Waals surface area (Å²) in [6.07, 6.45) is 6.93. The van der Waals surface area contributed by atoms with Crippen molar-refractivity contribution in [1.82, 2.24) is 20.0 Å². The fourth-order valence-electron chi connectivity index (χ4n) is 2.27. The Balaban J connectivity index is 1.81. The lowest BCUT2D eigenvalue weighted by molar-refractivity contribution is 0.354. The molecule has 110 valence electrons. The van der Waals surface area contributed by atoms with Crippen LogP contribution in [0.15, 0.2) is 23.0 Å². The maximum Gasteiger partial charge on any atom is 0.150 e. The maximum absolute atomic E-state index is 5.32. The second-order valence-corrected chi connectivity index (χ2v) is 5.17. The van der Waals surface area contributed by atoms with E-state index in [4.69, 9.17) is 4.52 Å². The summed E-state index contributed by atoms with van der Waals surface area (Å²) >= 11 is 0. The van der Waals surface area contributed by atoms with Gasteiger partial charge in [0.05, 0.1) is 12.2 Å². The Bertz CT molecular complexity index is 517. The van der Waals surface area contributed by atoms with Crippen molar-refractivity contribution in [2.45, 2.75) is 59.2 Å². The number of aryl methyl sites for hydroxylation is 2. The van der Waals surface area contributed by atoms with Crippen molar-refractivity contribution in [2.24, 2.45) is 0 Å². The lowest BCUT2D eigenvalue weighted by Gasteiger charge is -2.14. The smallest absolute Gasteiger partial charge is 0.150 e. The van der Waals surface area contributed by atoms with Gasteiger partial charge in [-0.25, -0.2) is 4.98 Å². The molecule has 0 radical (unpaired) electrons. The summed E-state index contributed by atoms with van der Waals surface area (Å²) in [5, 5.41) is 7.52. The van der Waals surface area contributed by atoms with Crippen LogP contribution in [0.2, 0.25) is 0 Å². The van der Waals surface area contributed by atoms with E-state index in [0.717, 1.165) is 43.1 Å². The van der Waals surface area contributed by atoms with Gasteiger partial charge in [0.2, 0.25) is 0 Å². The lowest BCUT2D eigenvalue weighted by atomic mass is 10.2. The first kappa shape index (κ1) is 14.8. The molecule has 0 fully saturated rings. The first-order valence-corrected chi connectivity index (χ1v) is 7.40. The Morgan fingerprint density at radius 1 is 1.40 bits per heavy atom. The van der Waals surface area contributed by atoms with E-state index in [1.165, 1.54) is 0 Å². The second-order valence-electron chi connectivity index (χ2n) is 5.17. The highest BCUT2D eigenvalue weighted by Gasteiger charge is 2.08. The molecule has 1 atom stereocenters. The lowest BCUT2D eigenvalue weighted by Crippen LogP contribution is -2.30. The Hall–Kier alpha value is -1.62. The zero-order valence-electron chi connectivity index (χ0n) is 12.6. The summed E-state index contributed by atoms with van der Waals surface area (Å²) in [5.41, 5.74) is 1.04. The van der Waals surface area contributed by atoms with Crippen LogP contribution in [0.4, 0.5) is 0 Å². The zero-order chi connectivity index (χ0) is 14.4. The first-order chi connectivity index (χ1) is 9.72. The van der Waals surface area contributed by atoms with E-state index >= 15 is 0 Å². The monoisotopic (exact) mass is 276 g/mol. The number of hydrogen-bond donors (Lipinski definition) is 1. The summed E-state index contributed by atoms with van der Waals surface area (Å²) in [4.78, 5) is 4.34. The van der Waals surface area contributed by atoms with Gasteiger partial charge < -0.3 is 14.4 Å². The molecule has 0 aliphatic heterocycles. The van der Waals surface area contributed by atoms with Crippen molar-refractivity contribution in [3.63, 3.8) is 0 Å². The molecule has 2 rings (SSSR count). The van der Waals surface area contributed by atoms with E-state index in [1.807, 2.05) is 18.5 Å². The number of nitrogens with zero attached hydrogens (tertiary/aromatic N) is 3. The van der Waals surface area contributed by atoms with Crippen LogP contribution < -0.4 is 5.32 Å². The first-order valence-electron chi connectivity index (χ1n) is 7.40. The third-order valence-corrected chi connectivity index (χ3v) is 3.33. The number of rotatable bonds is 8. The Labute approximate surface area is 120 Å². The number of aromatic nitrogens is 3. The van der Waals surface area contributed by atoms with Crippen LogP contribution in [0.5, 0.6) is 0 Å². The third kappa shape index (κ3) is 3.93. The second kappa shape index (κ2) is 7.24. The van der Waals surface area contributed by atoms with E-state index in [-0.39, 0.29) is 0 Å². The molecule has 2 aromatic heterocycles. The van der Waals surface area contributed by atoms with Crippen LogP contribution in [0, 0.1) is 0 Å². The van der Waals surface area contributed by atoms with Crippen molar-refractivity contribution in [2.75, 3.05) is 0 Å². The van der Waals surface area contributed by atoms with E-state index in [2.05, 4.69) is 40.8 Å². The van der Waals surface area contributed by atoms with Gasteiger partial charge in [0.15, 0.2) is 5.76 Å². The van der Waals surface area contributed by atoms with E-state index in [1.54, 1.807) is 0 Å². The van der Waals surface area contributed by atoms with Gasteiger partial charge in [-0.3, -0.25) is 0 Å². The summed E-state index contributed by atoms with van der Waals surface area (Å²) in [7, 11) is 0. The van der Waals surface area contributed by atoms with Gasteiger partial charge in [0.1, 0.15) is 5.82 Å². The molecular weight excluding hydrogens is 252 g/mol. The average Bonchev–Trinajstić information content (AvgIpc) is 3.06. The van der Waals surface area contributed by atoms with Crippen molar-refractivity contribution < 1.29 is 4.52 Å². The largest absolute Gasteiger partial charge is 0.360 e. The summed E-state index contributed by atoms with van der Waals surface area (Å²) < 4.78 is 7.51. The fourth-order valence-corrected chi connectivity index (χ4v) is 2.27. The summed E-state index contributed by atoms with van der Waals surface area (Å²) in [6, 6.07) is 2.40.